The first-order chi connectivity index (χ1) is 10.8. The lowest BCUT2D eigenvalue weighted by Gasteiger charge is -2.34. The summed E-state index contributed by atoms with van der Waals surface area (Å²) >= 11 is 0. The Morgan fingerprint density at radius 2 is 2.09 bits per heavy atom. The van der Waals surface area contributed by atoms with E-state index in [1.54, 1.807) is 0 Å². The Morgan fingerprint density at radius 3 is 2.95 bits per heavy atom. The Kier molecular flexibility index (Phi) is 5.11. The number of amides is 1. The second-order valence-electron chi connectivity index (χ2n) is 6.46. The van der Waals surface area contributed by atoms with Gasteiger partial charge in [0.15, 0.2) is 0 Å². The zero-order valence-electron chi connectivity index (χ0n) is 13.2. The molecule has 2 aliphatic rings. The highest BCUT2D eigenvalue weighted by molar-refractivity contribution is 5.94. The van der Waals surface area contributed by atoms with Gasteiger partial charge < -0.3 is 10.4 Å². The molecule has 1 aliphatic carbocycles. The van der Waals surface area contributed by atoms with Crippen molar-refractivity contribution in [3.8, 4) is 0 Å². The van der Waals surface area contributed by atoms with E-state index in [1.165, 1.54) is 30.4 Å². The predicted molar refractivity (Wildman–Crippen MR) is 87.1 cm³/mol. The van der Waals surface area contributed by atoms with Crippen LogP contribution in [0.25, 0.3) is 0 Å². The first-order valence-corrected chi connectivity index (χ1v) is 8.53. The predicted octanol–water partition coefficient (Wildman–Crippen LogP) is 1.75. The van der Waals surface area contributed by atoms with Gasteiger partial charge in [-0.15, -0.1) is 0 Å². The number of benzene rings is 1. The fraction of sp³-hybridized carbons (Fsp3) is 0.611. The SMILES string of the molecule is O=C(NCCN1CCCCC1CO)c1ccc2c(c1)CCC2. The Balaban J connectivity index is 1.50. The normalized spacial score (nSPS) is 21.6. The highest BCUT2D eigenvalue weighted by Crippen LogP contribution is 2.22. The fourth-order valence-electron chi connectivity index (χ4n) is 3.69. The molecule has 1 heterocycles. The molecular formula is C18H26N2O2. The summed E-state index contributed by atoms with van der Waals surface area (Å²) in [5.74, 6) is 0.0206. The van der Waals surface area contributed by atoms with Crippen LogP contribution >= 0.6 is 0 Å². The van der Waals surface area contributed by atoms with Gasteiger partial charge in [0.05, 0.1) is 6.61 Å². The number of carbonyl (C=O) groups excluding carboxylic acids is 1. The van der Waals surface area contributed by atoms with E-state index in [9.17, 15) is 9.90 Å². The number of hydrogen-bond donors (Lipinski definition) is 2. The van der Waals surface area contributed by atoms with E-state index < -0.39 is 0 Å². The molecule has 0 aromatic heterocycles. The van der Waals surface area contributed by atoms with Crippen molar-refractivity contribution in [2.45, 2.75) is 44.6 Å². The van der Waals surface area contributed by atoms with Crippen molar-refractivity contribution in [1.29, 1.82) is 0 Å². The van der Waals surface area contributed by atoms with Crippen LogP contribution in [-0.2, 0) is 12.8 Å². The van der Waals surface area contributed by atoms with Gasteiger partial charge in [0.1, 0.15) is 0 Å². The molecule has 1 atom stereocenters. The van der Waals surface area contributed by atoms with Crippen LogP contribution in [0.15, 0.2) is 18.2 Å². The van der Waals surface area contributed by atoms with Gasteiger partial charge in [-0.3, -0.25) is 9.69 Å². The second kappa shape index (κ2) is 7.25. The van der Waals surface area contributed by atoms with Crippen LogP contribution in [0.2, 0.25) is 0 Å². The lowest BCUT2D eigenvalue weighted by Crippen LogP contribution is -2.45. The first-order valence-electron chi connectivity index (χ1n) is 8.53. The van der Waals surface area contributed by atoms with Gasteiger partial charge in [0.25, 0.3) is 5.91 Å². The molecule has 1 saturated heterocycles. The molecule has 4 heteroatoms. The zero-order chi connectivity index (χ0) is 15.4. The van der Waals surface area contributed by atoms with E-state index in [4.69, 9.17) is 0 Å². The van der Waals surface area contributed by atoms with Crippen LogP contribution in [-0.4, -0.2) is 48.2 Å². The summed E-state index contributed by atoms with van der Waals surface area (Å²) in [6.45, 7) is 2.72. The van der Waals surface area contributed by atoms with Gasteiger partial charge in [-0.2, -0.15) is 0 Å². The standard InChI is InChI=1S/C18H26N2O2/c21-13-17-6-1-2-10-20(17)11-9-19-18(22)16-8-7-14-4-3-5-15(14)12-16/h7-8,12,17,21H,1-6,9-11,13H2,(H,19,22). The number of carbonyl (C=O) groups is 1. The molecule has 4 nitrogen and oxygen atoms in total. The summed E-state index contributed by atoms with van der Waals surface area (Å²) in [7, 11) is 0. The van der Waals surface area contributed by atoms with Gasteiger partial charge >= 0.3 is 0 Å². The number of fused-ring (bicyclic) bond motifs is 1. The molecule has 3 rings (SSSR count). The molecule has 120 valence electrons. The van der Waals surface area contributed by atoms with Crippen LogP contribution in [0.5, 0.6) is 0 Å². The molecule has 1 aliphatic heterocycles. The Bertz CT molecular complexity index is 530. The maximum Gasteiger partial charge on any atom is 0.251 e. The van der Waals surface area contributed by atoms with Crippen molar-refractivity contribution in [1.82, 2.24) is 10.2 Å². The largest absolute Gasteiger partial charge is 0.395 e. The third kappa shape index (κ3) is 3.50. The van der Waals surface area contributed by atoms with Crippen LogP contribution < -0.4 is 5.32 Å². The minimum absolute atomic E-state index is 0.0206. The van der Waals surface area contributed by atoms with E-state index in [-0.39, 0.29) is 18.6 Å². The average Bonchev–Trinajstić information content (AvgIpc) is 3.02. The third-order valence-electron chi connectivity index (χ3n) is 5.01. The van der Waals surface area contributed by atoms with Gasteiger partial charge in [-0.05, 0) is 61.9 Å². The molecule has 1 unspecified atom stereocenters. The van der Waals surface area contributed by atoms with Crippen LogP contribution in [0.4, 0.5) is 0 Å². The fourth-order valence-corrected chi connectivity index (χ4v) is 3.69. The van der Waals surface area contributed by atoms with Crippen LogP contribution in [0.3, 0.4) is 0 Å². The second-order valence-corrected chi connectivity index (χ2v) is 6.46. The molecule has 2 N–H and O–H groups in total. The minimum atomic E-state index is 0.0206. The maximum absolute atomic E-state index is 12.3. The van der Waals surface area contributed by atoms with Crippen molar-refractivity contribution < 1.29 is 9.90 Å². The molecule has 0 radical (unpaired) electrons. The van der Waals surface area contributed by atoms with Crippen molar-refractivity contribution in [3.05, 3.63) is 34.9 Å². The third-order valence-corrected chi connectivity index (χ3v) is 5.01. The topological polar surface area (TPSA) is 52.6 Å². The molecule has 1 aromatic rings. The van der Waals surface area contributed by atoms with Crippen molar-refractivity contribution in [2.75, 3.05) is 26.2 Å². The van der Waals surface area contributed by atoms with E-state index in [0.29, 0.717) is 6.54 Å². The smallest absolute Gasteiger partial charge is 0.251 e. The van der Waals surface area contributed by atoms with Crippen LogP contribution in [0.1, 0.15) is 47.2 Å². The number of piperidine rings is 1. The summed E-state index contributed by atoms with van der Waals surface area (Å²) in [6, 6.07) is 6.36. The summed E-state index contributed by atoms with van der Waals surface area (Å²) in [6.07, 6.45) is 6.91. The van der Waals surface area contributed by atoms with E-state index in [1.807, 2.05) is 6.07 Å². The number of nitrogens with one attached hydrogen (secondary N) is 1. The molecule has 22 heavy (non-hydrogen) atoms. The number of rotatable bonds is 5. The Hall–Kier alpha value is -1.39. The maximum atomic E-state index is 12.3. The Morgan fingerprint density at radius 1 is 1.23 bits per heavy atom. The summed E-state index contributed by atoms with van der Waals surface area (Å²) in [5.41, 5.74) is 3.51. The highest BCUT2D eigenvalue weighted by Gasteiger charge is 2.21. The molecule has 0 bridgehead atoms. The molecule has 0 spiro atoms. The molecule has 1 fully saturated rings. The lowest BCUT2D eigenvalue weighted by molar-refractivity contribution is 0.0849. The van der Waals surface area contributed by atoms with Crippen LogP contribution in [0, 0.1) is 0 Å². The molecule has 1 aromatic carbocycles. The van der Waals surface area contributed by atoms with Crippen molar-refractivity contribution in [3.63, 3.8) is 0 Å². The summed E-state index contributed by atoms with van der Waals surface area (Å²) in [5, 5.41) is 12.4. The molecule has 0 saturated carbocycles. The monoisotopic (exact) mass is 302 g/mol. The number of aliphatic hydroxyl groups excluding tert-OH is 1. The molecular weight excluding hydrogens is 276 g/mol. The van der Waals surface area contributed by atoms with Gasteiger partial charge in [-0.25, -0.2) is 0 Å². The number of aliphatic hydroxyl groups is 1. The zero-order valence-corrected chi connectivity index (χ0v) is 13.2. The summed E-state index contributed by atoms with van der Waals surface area (Å²) in [4.78, 5) is 14.6. The van der Waals surface area contributed by atoms with Crippen molar-refractivity contribution in [2.24, 2.45) is 0 Å². The van der Waals surface area contributed by atoms with Gasteiger partial charge in [0.2, 0.25) is 0 Å². The number of hydrogen-bond acceptors (Lipinski definition) is 3. The highest BCUT2D eigenvalue weighted by atomic mass is 16.3. The van der Waals surface area contributed by atoms with E-state index >= 15 is 0 Å². The minimum Gasteiger partial charge on any atom is -0.395 e. The first kappa shape index (κ1) is 15.5. The number of likely N-dealkylation sites (tertiary alicyclic amines) is 1. The van der Waals surface area contributed by atoms with E-state index in [2.05, 4.69) is 22.3 Å². The van der Waals surface area contributed by atoms with Crippen molar-refractivity contribution >= 4 is 5.91 Å². The number of nitrogens with zero attached hydrogens (tertiary/aromatic N) is 1. The average molecular weight is 302 g/mol. The summed E-state index contributed by atoms with van der Waals surface area (Å²) < 4.78 is 0. The number of aryl methyl sites for hydroxylation is 2. The molecule has 1 amide bonds. The van der Waals surface area contributed by atoms with E-state index in [0.717, 1.165) is 37.9 Å². The van der Waals surface area contributed by atoms with Gasteiger partial charge in [-0.1, -0.05) is 12.5 Å². The van der Waals surface area contributed by atoms with Gasteiger partial charge in [0, 0.05) is 24.7 Å². The quantitative estimate of drug-likeness (QED) is 0.871. The Labute approximate surface area is 132 Å². The lowest BCUT2D eigenvalue weighted by atomic mass is 10.0.